The molecule has 0 radical (unpaired) electrons. The topological polar surface area (TPSA) is 84.2 Å². The van der Waals surface area contributed by atoms with E-state index in [4.69, 9.17) is 4.52 Å². The van der Waals surface area contributed by atoms with E-state index in [0.717, 1.165) is 16.4 Å². The Balaban J connectivity index is 1.39. The molecule has 3 aromatic rings. The quantitative estimate of drug-likeness (QED) is 0.370. The minimum Gasteiger partial charge on any atom is -0.364 e. The maximum absolute atomic E-state index is 13.0. The first-order valence-corrected chi connectivity index (χ1v) is 13.7. The lowest BCUT2D eigenvalue weighted by Gasteiger charge is -2.21. The van der Waals surface area contributed by atoms with E-state index in [9.17, 15) is 8.42 Å². The highest BCUT2D eigenvalue weighted by Gasteiger charge is 2.20. The molecule has 172 valence electrons. The third kappa shape index (κ3) is 5.99. The van der Waals surface area contributed by atoms with Crippen LogP contribution in [0, 0.1) is 5.92 Å². The van der Waals surface area contributed by atoms with E-state index in [0.29, 0.717) is 24.0 Å². The van der Waals surface area contributed by atoms with E-state index < -0.39 is 10.0 Å². The van der Waals surface area contributed by atoms with Crippen molar-refractivity contribution in [2.24, 2.45) is 5.92 Å². The van der Waals surface area contributed by atoms with Gasteiger partial charge in [0.2, 0.25) is 0 Å². The maximum atomic E-state index is 13.0. The molecule has 8 heteroatoms. The van der Waals surface area contributed by atoms with E-state index in [-0.39, 0.29) is 4.21 Å². The Morgan fingerprint density at radius 3 is 2.62 bits per heavy atom. The third-order valence-electron chi connectivity index (χ3n) is 6.10. The van der Waals surface area contributed by atoms with Crippen molar-refractivity contribution in [1.29, 1.82) is 0 Å². The highest BCUT2D eigenvalue weighted by atomic mass is 32.2. The number of anilines is 1. The number of benzene rings is 1. The number of sulfonamides is 1. The summed E-state index contributed by atoms with van der Waals surface area (Å²) in [5.41, 5.74) is 2.18. The Hall–Kier alpha value is -2.16. The molecule has 2 aromatic heterocycles. The molecule has 0 unspecified atom stereocenters. The Morgan fingerprint density at radius 1 is 1.09 bits per heavy atom. The van der Waals surface area contributed by atoms with Crippen molar-refractivity contribution in [3.8, 4) is 10.6 Å². The van der Waals surface area contributed by atoms with Crippen LogP contribution in [0.15, 0.2) is 57.5 Å². The number of hydrogen-bond acceptors (Lipinski definition) is 6. The van der Waals surface area contributed by atoms with Gasteiger partial charge in [-0.05, 0) is 43.0 Å². The zero-order valence-electron chi connectivity index (χ0n) is 18.4. The fourth-order valence-corrected chi connectivity index (χ4v) is 6.75. The lowest BCUT2D eigenvalue weighted by atomic mass is 9.93. The van der Waals surface area contributed by atoms with E-state index in [1.165, 1.54) is 62.5 Å². The van der Waals surface area contributed by atoms with Gasteiger partial charge in [0.25, 0.3) is 10.0 Å². The second kappa shape index (κ2) is 10.6. The van der Waals surface area contributed by atoms with Gasteiger partial charge in [0.15, 0.2) is 0 Å². The maximum Gasteiger partial charge on any atom is 0.271 e. The molecule has 0 saturated heterocycles. The van der Waals surface area contributed by atoms with E-state index in [1.54, 1.807) is 18.2 Å². The van der Waals surface area contributed by atoms with Crippen LogP contribution < -0.4 is 10.0 Å². The molecular formula is C24H31N3O3S2. The van der Waals surface area contributed by atoms with Gasteiger partial charge < -0.3 is 9.84 Å². The number of nitrogens with one attached hydrogen (secondary N) is 2. The van der Waals surface area contributed by atoms with Gasteiger partial charge in [-0.3, -0.25) is 4.72 Å². The molecule has 6 nitrogen and oxygen atoms in total. The summed E-state index contributed by atoms with van der Waals surface area (Å²) in [6.45, 7) is 2.86. The van der Waals surface area contributed by atoms with Crippen molar-refractivity contribution in [2.45, 2.75) is 68.7 Å². The lowest BCUT2D eigenvalue weighted by Crippen LogP contribution is -2.28. The molecule has 4 rings (SSSR count). The highest BCUT2D eigenvalue weighted by Crippen LogP contribution is 2.31. The summed E-state index contributed by atoms with van der Waals surface area (Å²) in [6.07, 6.45) is 10.8. The predicted octanol–water partition coefficient (Wildman–Crippen LogP) is 6.04. The first-order chi connectivity index (χ1) is 15.5. The smallest absolute Gasteiger partial charge is 0.271 e. The molecule has 0 aliphatic heterocycles. The van der Waals surface area contributed by atoms with E-state index >= 15 is 0 Å². The second-order valence-corrected chi connectivity index (χ2v) is 11.6. The number of thiophene rings is 1. The first-order valence-electron chi connectivity index (χ1n) is 11.4. The summed E-state index contributed by atoms with van der Waals surface area (Å²) in [7, 11) is -3.69. The molecule has 1 atom stereocenters. The van der Waals surface area contributed by atoms with Crippen molar-refractivity contribution in [2.75, 3.05) is 4.72 Å². The second-order valence-electron chi connectivity index (χ2n) is 8.64. The SMILES string of the molecule is C[C@@H](CC1CCCCCC1)NCc1ccccc1NS(=O)(=O)c1ccc(-c2ccon2)s1. The average Bonchev–Trinajstić information content (AvgIpc) is 3.42. The summed E-state index contributed by atoms with van der Waals surface area (Å²) in [6, 6.07) is 13.0. The summed E-state index contributed by atoms with van der Waals surface area (Å²) in [5.74, 6) is 0.798. The summed E-state index contributed by atoms with van der Waals surface area (Å²) < 4.78 is 33.9. The van der Waals surface area contributed by atoms with Crippen molar-refractivity contribution < 1.29 is 12.9 Å². The van der Waals surface area contributed by atoms with Gasteiger partial charge in [0.05, 0.1) is 10.6 Å². The van der Waals surface area contributed by atoms with Crippen LogP contribution in [0.5, 0.6) is 0 Å². The van der Waals surface area contributed by atoms with Gasteiger partial charge >= 0.3 is 0 Å². The molecule has 2 heterocycles. The summed E-state index contributed by atoms with van der Waals surface area (Å²) >= 11 is 1.17. The molecule has 1 aliphatic carbocycles. The monoisotopic (exact) mass is 473 g/mol. The van der Waals surface area contributed by atoms with Crippen LogP contribution in [0.25, 0.3) is 10.6 Å². The molecule has 0 bridgehead atoms. The molecule has 1 saturated carbocycles. The summed E-state index contributed by atoms with van der Waals surface area (Å²) in [5, 5.41) is 7.48. The van der Waals surface area contributed by atoms with Crippen LogP contribution >= 0.6 is 11.3 Å². The number of para-hydroxylation sites is 1. The predicted molar refractivity (Wildman–Crippen MR) is 129 cm³/mol. The Morgan fingerprint density at radius 2 is 1.88 bits per heavy atom. The van der Waals surface area contributed by atoms with Crippen LogP contribution in [-0.4, -0.2) is 19.6 Å². The van der Waals surface area contributed by atoms with Crippen molar-refractivity contribution in [1.82, 2.24) is 10.5 Å². The number of nitrogens with zero attached hydrogens (tertiary/aromatic N) is 1. The molecular weight excluding hydrogens is 442 g/mol. The van der Waals surface area contributed by atoms with Crippen LogP contribution in [0.4, 0.5) is 5.69 Å². The van der Waals surface area contributed by atoms with Gasteiger partial charge in [-0.2, -0.15) is 0 Å². The summed E-state index contributed by atoms with van der Waals surface area (Å²) in [4.78, 5) is 0.751. The number of aromatic nitrogens is 1. The van der Waals surface area contributed by atoms with Crippen LogP contribution in [0.1, 0.15) is 57.4 Å². The molecule has 1 aromatic carbocycles. The first kappa shape index (κ1) is 23.0. The molecule has 0 spiro atoms. The Bertz CT molecular complexity index is 1090. The Labute approximate surface area is 194 Å². The minimum absolute atomic E-state index is 0.250. The van der Waals surface area contributed by atoms with Crippen LogP contribution in [0.3, 0.4) is 0 Å². The minimum atomic E-state index is -3.69. The standard InChI is InChI=1S/C24H31N3O3S2/c1-18(16-19-8-4-2-3-5-9-19)25-17-20-10-6-7-11-21(20)27-32(28,29)24-13-12-23(31-24)22-14-15-30-26-22/h6-7,10-15,18-19,25,27H,2-5,8-9,16-17H2,1H3/t18-/m0/s1. The van der Waals surface area contributed by atoms with Crippen molar-refractivity contribution in [3.05, 3.63) is 54.3 Å². The zero-order valence-corrected chi connectivity index (χ0v) is 20.1. The third-order valence-corrected chi connectivity index (χ3v) is 9.07. The van der Waals surface area contributed by atoms with Gasteiger partial charge in [-0.25, -0.2) is 8.42 Å². The zero-order chi connectivity index (χ0) is 22.4. The largest absolute Gasteiger partial charge is 0.364 e. The van der Waals surface area contributed by atoms with Crippen molar-refractivity contribution in [3.63, 3.8) is 0 Å². The normalized spacial score (nSPS) is 16.5. The van der Waals surface area contributed by atoms with Crippen LogP contribution in [0.2, 0.25) is 0 Å². The van der Waals surface area contributed by atoms with Gasteiger partial charge in [-0.15, -0.1) is 11.3 Å². The Kier molecular flexibility index (Phi) is 7.65. The number of hydrogen-bond donors (Lipinski definition) is 2. The molecule has 32 heavy (non-hydrogen) atoms. The van der Waals surface area contributed by atoms with E-state index in [1.807, 2.05) is 24.3 Å². The van der Waals surface area contributed by atoms with Crippen molar-refractivity contribution >= 4 is 27.0 Å². The lowest BCUT2D eigenvalue weighted by molar-refractivity contribution is 0.363. The van der Waals surface area contributed by atoms with E-state index in [2.05, 4.69) is 22.1 Å². The number of rotatable bonds is 9. The molecule has 1 aliphatic rings. The van der Waals surface area contributed by atoms with Gasteiger partial charge in [0, 0.05) is 18.7 Å². The fourth-order valence-electron chi connectivity index (χ4n) is 4.38. The van der Waals surface area contributed by atoms with Gasteiger partial charge in [0.1, 0.15) is 16.2 Å². The van der Waals surface area contributed by atoms with Gasteiger partial charge in [-0.1, -0.05) is 61.9 Å². The average molecular weight is 474 g/mol. The molecule has 2 N–H and O–H groups in total. The molecule has 0 amide bonds. The molecule has 1 fully saturated rings. The van der Waals surface area contributed by atoms with Crippen LogP contribution in [-0.2, 0) is 16.6 Å². The highest BCUT2D eigenvalue weighted by molar-refractivity contribution is 7.94. The fraction of sp³-hybridized carbons (Fsp3) is 0.458.